The Morgan fingerprint density at radius 3 is 2.10 bits per heavy atom. The minimum atomic E-state index is -0.299. The number of hydrogen-bond donors (Lipinski definition) is 0. The third-order valence-corrected chi connectivity index (χ3v) is 5.37. The minimum Gasteiger partial charge on any atom is -0.497 e. The van der Waals surface area contributed by atoms with E-state index in [4.69, 9.17) is 14.2 Å². The Morgan fingerprint density at radius 2 is 1.52 bits per heavy atom. The highest BCUT2D eigenvalue weighted by Gasteiger charge is 2.18. The van der Waals surface area contributed by atoms with Crippen LogP contribution in [0.3, 0.4) is 0 Å². The maximum Gasteiger partial charge on any atom is 0.191 e. The van der Waals surface area contributed by atoms with Crippen molar-refractivity contribution in [1.82, 2.24) is 14.8 Å². The number of hydrogen-bond acceptors (Lipinski definition) is 7. The van der Waals surface area contributed by atoms with Crippen LogP contribution in [-0.2, 0) is 7.05 Å². The van der Waals surface area contributed by atoms with Gasteiger partial charge in [-0.15, -0.1) is 10.2 Å². The van der Waals surface area contributed by atoms with E-state index in [2.05, 4.69) is 10.2 Å². The first-order valence-electron chi connectivity index (χ1n) is 9.02. The van der Waals surface area contributed by atoms with Crippen molar-refractivity contribution in [3.63, 3.8) is 0 Å². The van der Waals surface area contributed by atoms with E-state index in [0.717, 1.165) is 11.5 Å². The lowest BCUT2D eigenvalue weighted by Gasteiger charge is -2.14. The number of carbonyl (C=O) groups is 1. The van der Waals surface area contributed by atoms with E-state index in [1.807, 2.05) is 42.8 Å². The SMILES string of the molecule is COc1ccc(OC(C)c2nnc(SCC(=O)c3ccc(OC)cc3)n2C)cc1. The molecule has 152 valence electrons. The van der Waals surface area contributed by atoms with Crippen LogP contribution in [0, 0.1) is 0 Å². The van der Waals surface area contributed by atoms with Gasteiger partial charge in [0.05, 0.1) is 20.0 Å². The zero-order valence-electron chi connectivity index (χ0n) is 16.8. The van der Waals surface area contributed by atoms with Gasteiger partial charge >= 0.3 is 0 Å². The van der Waals surface area contributed by atoms with Gasteiger partial charge in [0, 0.05) is 12.6 Å². The van der Waals surface area contributed by atoms with Gasteiger partial charge in [-0.2, -0.15) is 0 Å². The van der Waals surface area contributed by atoms with E-state index < -0.39 is 0 Å². The van der Waals surface area contributed by atoms with Crippen LogP contribution in [0.4, 0.5) is 0 Å². The number of Topliss-reactive ketones (excluding diaryl/α,β-unsaturated/α-hetero) is 1. The number of thioether (sulfide) groups is 1. The zero-order valence-corrected chi connectivity index (χ0v) is 17.6. The third kappa shape index (κ3) is 5.08. The van der Waals surface area contributed by atoms with Crippen molar-refractivity contribution in [1.29, 1.82) is 0 Å². The van der Waals surface area contributed by atoms with E-state index >= 15 is 0 Å². The fourth-order valence-electron chi connectivity index (χ4n) is 2.71. The van der Waals surface area contributed by atoms with Crippen molar-refractivity contribution in [2.45, 2.75) is 18.2 Å². The molecule has 29 heavy (non-hydrogen) atoms. The first kappa shape index (κ1) is 20.7. The molecule has 0 aliphatic rings. The number of rotatable bonds is 9. The predicted octanol–water partition coefficient (Wildman–Crippen LogP) is 3.95. The fraction of sp³-hybridized carbons (Fsp3) is 0.286. The molecule has 7 nitrogen and oxygen atoms in total. The summed E-state index contributed by atoms with van der Waals surface area (Å²) in [5.74, 6) is 3.17. The zero-order chi connectivity index (χ0) is 20.8. The van der Waals surface area contributed by atoms with Crippen LogP contribution in [0.15, 0.2) is 53.7 Å². The second-order valence-electron chi connectivity index (χ2n) is 6.28. The largest absolute Gasteiger partial charge is 0.497 e. The van der Waals surface area contributed by atoms with Crippen molar-refractivity contribution in [2.75, 3.05) is 20.0 Å². The highest BCUT2D eigenvalue weighted by Crippen LogP contribution is 2.25. The van der Waals surface area contributed by atoms with Crippen molar-refractivity contribution in [3.8, 4) is 17.2 Å². The highest BCUT2D eigenvalue weighted by molar-refractivity contribution is 7.99. The summed E-state index contributed by atoms with van der Waals surface area (Å²) in [5, 5.41) is 9.10. The van der Waals surface area contributed by atoms with Crippen LogP contribution in [0.5, 0.6) is 17.2 Å². The quantitative estimate of drug-likeness (QED) is 0.388. The lowest BCUT2D eigenvalue weighted by molar-refractivity contribution is 0.102. The number of benzene rings is 2. The molecular formula is C21H23N3O4S. The number of nitrogens with zero attached hydrogens (tertiary/aromatic N) is 3. The summed E-state index contributed by atoms with van der Waals surface area (Å²) in [5.41, 5.74) is 0.636. The van der Waals surface area contributed by atoms with Gasteiger partial charge < -0.3 is 18.8 Å². The lowest BCUT2D eigenvalue weighted by Crippen LogP contribution is -2.10. The molecule has 8 heteroatoms. The summed E-state index contributed by atoms with van der Waals surface area (Å²) in [4.78, 5) is 12.4. The van der Waals surface area contributed by atoms with E-state index in [1.165, 1.54) is 11.8 Å². The Kier molecular flexibility index (Phi) is 6.77. The molecule has 3 aromatic rings. The number of ketones is 1. The molecule has 0 radical (unpaired) electrons. The fourth-order valence-corrected chi connectivity index (χ4v) is 3.52. The van der Waals surface area contributed by atoms with Crippen LogP contribution in [0.2, 0.25) is 0 Å². The lowest BCUT2D eigenvalue weighted by atomic mass is 10.1. The molecule has 1 atom stereocenters. The highest BCUT2D eigenvalue weighted by atomic mass is 32.2. The standard InChI is InChI=1S/C21H23N3O4S/c1-14(28-18-11-9-17(27-4)10-12-18)20-22-23-21(24(20)2)29-13-19(25)15-5-7-16(26-3)8-6-15/h5-12,14H,13H2,1-4H3. The van der Waals surface area contributed by atoms with Gasteiger partial charge in [-0.25, -0.2) is 0 Å². The number of methoxy groups -OCH3 is 2. The summed E-state index contributed by atoms with van der Waals surface area (Å²) in [6.45, 7) is 1.91. The average molecular weight is 413 g/mol. The monoisotopic (exact) mass is 413 g/mol. The van der Waals surface area contributed by atoms with Gasteiger partial charge in [-0.3, -0.25) is 4.79 Å². The van der Waals surface area contributed by atoms with E-state index in [0.29, 0.717) is 22.3 Å². The van der Waals surface area contributed by atoms with Gasteiger partial charge in [-0.05, 0) is 55.5 Å². The van der Waals surface area contributed by atoms with Crippen LogP contribution in [-0.4, -0.2) is 40.5 Å². The number of carbonyl (C=O) groups excluding carboxylic acids is 1. The van der Waals surface area contributed by atoms with Crippen molar-refractivity contribution in [3.05, 3.63) is 59.9 Å². The minimum absolute atomic E-state index is 0.0183. The van der Waals surface area contributed by atoms with Crippen LogP contribution in [0.25, 0.3) is 0 Å². The predicted molar refractivity (Wildman–Crippen MR) is 111 cm³/mol. The van der Waals surface area contributed by atoms with Crippen molar-refractivity contribution >= 4 is 17.5 Å². The molecule has 0 spiro atoms. The normalized spacial score (nSPS) is 11.7. The summed E-state index contributed by atoms with van der Waals surface area (Å²) in [6.07, 6.45) is -0.299. The molecular weight excluding hydrogens is 390 g/mol. The Balaban J connectivity index is 1.61. The molecule has 0 saturated carbocycles. The average Bonchev–Trinajstić information content (AvgIpc) is 3.13. The van der Waals surface area contributed by atoms with Gasteiger partial charge in [0.2, 0.25) is 0 Å². The molecule has 1 heterocycles. The molecule has 0 aliphatic carbocycles. The molecule has 3 rings (SSSR count). The van der Waals surface area contributed by atoms with Crippen molar-refractivity contribution < 1.29 is 19.0 Å². The number of aromatic nitrogens is 3. The first-order chi connectivity index (χ1) is 14.0. The molecule has 1 unspecified atom stereocenters. The van der Waals surface area contributed by atoms with Crippen LogP contribution < -0.4 is 14.2 Å². The maximum atomic E-state index is 12.4. The third-order valence-electron chi connectivity index (χ3n) is 4.35. The van der Waals surface area contributed by atoms with Gasteiger partial charge in [-0.1, -0.05) is 11.8 Å². The molecule has 0 aliphatic heterocycles. The Labute approximate surface area is 174 Å². The smallest absolute Gasteiger partial charge is 0.191 e. The van der Waals surface area contributed by atoms with Crippen molar-refractivity contribution in [2.24, 2.45) is 7.05 Å². The van der Waals surface area contributed by atoms with E-state index in [9.17, 15) is 4.79 Å². The Hall–Kier alpha value is -3.00. The molecule has 0 bridgehead atoms. The van der Waals surface area contributed by atoms with Gasteiger partial charge in [0.25, 0.3) is 0 Å². The topological polar surface area (TPSA) is 75.5 Å². The Morgan fingerprint density at radius 1 is 0.966 bits per heavy atom. The summed E-state index contributed by atoms with van der Waals surface area (Å²) >= 11 is 1.35. The second-order valence-corrected chi connectivity index (χ2v) is 7.22. The second kappa shape index (κ2) is 9.47. The summed E-state index contributed by atoms with van der Waals surface area (Å²) < 4.78 is 18.1. The molecule has 0 saturated heterocycles. The molecule has 0 N–H and O–H groups in total. The van der Waals surface area contributed by atoms with E-state index in [-0.39, 0.29) is 17.6 Å². The summed E-state index contributed by atoms with van der Waals surface area (Å²) in [6, 6.07) is 14.4. The van der Waals surface area contributed by atoms with Gasteiger partial charge in [0.15, 0.2) is 22.9 Å². The first-order valence-corrected chi connectivity index (χ1v) is 10.0. The molecule has 2 aromatic carbocycles. The van der Waals surface area contributed by atoms with Crippen LogP contribution in [0.1, 0.15) is 29.2 Å². The van der Waals surface area contributed by atoms with E-state index in [1.54, 1.807) is 38.5 Å². The van der Waals surface area contributed by atoms with Crippen LogP contribution >= 0.6 is 11.8 Å². The molecule has 0 amide bonds. The summed E-state index contributed by atoms with van der Waals surface area (Å²) in [7, 11) is 5.08. The molecule has 0 fully saturated rings. The Bertz CT molecular complexity index is 955. The molecule has 1 aromatic heterocycles. The number of ether oxygens (including phenoxy) is 3. The maximum absolute atomic E-state index is 12.4. The van der Waals surface area contributed by atoms with Gasteiger partial charge in [0.1, 0.15) is 17.2 Å².